The van der Waals surface area contributed by atoms with E-state index in [1.807, 2.05) is 61.5 Å². The summed E-state index contributed by atoms with van der Waals surface area (Å²) in [4.78, 5) is 26.3. The number of benzene rings is 2. The molecule has 0 radical (unpaired) electrons. The number of rotatable bonds is 8. The second kappa shape index (κ2) is 10.1. The number of esters is 1. The van der Waals surface area contributed by atoms with E-state index in [2.05, 4.69) is 5.32 Å². The molecule has 1 N–H and O–H groups in total. The average Bonchev–Trinajstić information content (AvgIpc) is 3.09. The zero-order valence-electron chi connectivity index (χ0n) is 17.4. The Balaban J connectivity index is 1.80. The van der Waals surface area contributed by atoms with Crippen LogP contribution in [0.2, 0.25) is 0 Å². The molecule has 1 heterocycles. The minimum atomic E-state index is -0.425. The first kappa shape index (κ1) is 21.6. The third-order valence-corrected chi connectivity index (χ3v) is 5.70. The van der Waals surface area contributed by atoms with Crippen LogP contribution in [0.3, 0.4) is 0 Å². The maximum Gasteiger partial charge on any atom is 0.341 e. The molecule has 0 atom stereocenters. The molecule has 0 aliphatic rings. The Hall–Kier alpha value is -3.12. The molecule has 0 spiro atoms. The van der Waals surface area contributed by atoms with Gasteiger partial charge >= 0.3 is 5.97 Å². The molecule has 1 amide bonds. The monoisotopic (exact) mass is 423 g/mol. The number of hydrogen-bond acceptors (Lipinski definition) is 5. The predicted octanol–water partition coefficient (Wildman–Crippen LogP) is 5.48. The van der Waals surface area contributed by atoms with Crippen molar-refractivity contribution in [2.24, 2.45) is 0 Å². The van der Waals surface area contributed by atoms with Crippen molar-refractivity contribution in [2.75, 3.05) is 19.0 Å². The molecule has 0 saturated carbocycles. The van der Waals surface area contributed by atoms with E-state index in [1.165, 1.54) is 11.3 Å². The zero-order chi connectivity index (χ0) is 21.5. The highest BCUT2D eigenvalue weighted by Crippen LogP contribution is 2.40. The SMILES string of the molecule is CCOC(=O)c1c(NC(=O)CCc2ccc(OC)cc2)sc(C)c1-c1ccccc1. The molecular formula is C24H25NO4S. The molecule has 3 rings (SSSR count). The number of ether oxygens (including phenoxy) is 2. The van der Waals surface area contributed by atoms with Crippen LogP contribution in [0, 0.1) is 6.92 Å². The molecule has 0 fully saturated rings. The molecule has 0 saturated heterocycles. The number of carbonyl (C=O) groups is 2. The topological polar surface area (TPSA) is 64.6 Å². The summed E-state index contributed by atoms with van der Waals surface area (Å²) in [6.07, 6.45) is 0.909. The Kier molecular flexibility index (Phi) is 7.25. The molecule has 6 heteroatoms. The zero-order valence-corrected chi connectivity index (χ0v) is 18.2. The van der Waals surface area contributed by atoms with E-state index in [4.69, 9.17) is 9.47 Å². The van der Waals surface area contributed by atoms with Crippen LogP contribution in [0.1, 0.15) is 34.1 Å². The largest absolute Gasteiger partial charge is 0.497 e. The molecule has 0 aliphatic carbocycles. The van der Waals surface area contributed by atoms with Crippen LogP contribution >= 0.6 is 11.3 Å². The van der Waals surface area contributed by atoms with Crippen LogP contribution in [0.4, 0.5) is 5.00 Å². The Morgan fingerprint density at radius 1 is 1.03 bits per heavy atom. The first-order valence-corrected chi connectivity index (χ1v) is 10.6. The fourth-order valence-electron chi connectivity index (χ4n) is 3.22. The van der Waals surface area contributed by atoms with E-state index < -0.39 is 5.97 Å². The third kappa shape index (κ3) is 5.07. The van der Waals surface area contributed by atoms with E-state index >= 15 is 0 Å². The van der Waals surface area contributed by atoms with Crippen molar-refractivity contribution in [3.8, 4) is 16.9 Å². The molecule has 2 aromatic carbocycles. The minimum absolute atomic E-state index is 0.141. The number of thiophene rings is 1. The Morgan fingerprint density at radius 3 is 2.37 bits per heavy atom. The van der Waals surface area contributed by atoms with Crippen LogP contribution in [0.15, 0.2) is 54.6 Å². The Morgan fingerprint density at radius 2 is 1.73 bits per heavy atom. The van der Waals surface area contributed by atoms with Gasteiger partial charge in [-0.15, -0.1) is 11.3 Å². The summed E-state index contributed by atoms with van der Waals surface area (Å²) in [5, 5.41) is 3.46. The van der Waals surface area contributed by atoms with Crippen LogP contribution in [-0.4, -0.2) is 25.6 Å². The first-order chi connectivity index (χ1) is 14.5. The summed E-state index contributed by atoms with van der Waals surface area (Å²) in [5.41, 5.74) is 3.20. The van der Waals surface area contributed by atoms with E-state index in [0.717, 1.165) is 27.3 Å². The Bertz CT molecular complexity index is 1010. The molecule has 30 heavy (non-hydrogen) atoms. The normalized spacial score (nSPS) is 10.5. The molecule has 5 nitrogen and oxygen atoms in total. The molecule has 0 bridgehead atoms. The van der Waals surface area contributed by atoms with Gasteiger partial charge in [0.05, 0.1) is 13.7 Å². The van der Waals surface area contributed by atoms with Crippen LogP contribution in [0.25, 0.3) is 11.1 Å². The number of aryl methyl sites for hydroxylation is 2. The summed E-state index contributed by atoms with van der Waals surface area (Å²) >= 11 is 1.40. The lowest BCUT2D eigenvalue weighted by atomic mass is 10.0. The number of methoxy groups -OCH3 is 1. The fraction of sp³-hybridized carbons (Fsp3) is 0.250. The van der Waals surface area contributed by atoms with E-state index in [9.17, 15) is 9.59 Å². The number of nitrogens with one attached hydrogen (secondary N) is 1. The fourth-order valence-corrected chi connectivity index (χ4v) is 4.30. The highest BCUT2D eigenvalue weighted by Gasteiger charge is 2.25. The highest BCUT2D eigenvalue weighted by atomic mass is 32.1. The van der Waals surface area contributed by atoms with E-state index in [0.29, 0.717) is 23.4 Å². The van der Waals surface area contributed by atoms with Gasteiger partial charge in [-0.05, 0) is 43.5 Å². The molecular weight excluding hydrogens is 398 g/mol. The van der Waals surface area contributed by atoms with Crippen molar-refractivity contribution in [3.05, 3.63) is 70.6 Å². The lowest BCUT2D eigenvalue weighted by Crippen LogP contribution is -2.15. The van der Waals surface area contributed by atoms with Gasteiger partial charge in [-0.3, -0.25) is 4.79 Å². The Labute approximate surface area is 180 Å². The second-order valence-electron chi connectivity index (χ2n) is 6.72. The van der Waals surface area contributed by atoms with Crippen molar-refractivity contribution < 1.29 is 19.1 Å². The lowest BCUT2D eigenvalue weighted by molar-refractivity contribution is -0.116. The molecule has 156 valence electrons. The molecule has 3 aromatic rings. The summed E-state index contributed by atoms with van der Waals surface area (Å²) in [6, 6.07) is 17.3. The van der Waals surface area contributed by atoms with Crippen molar-refractivity contribution in [2.45, 2.75) is 26.7 Å². The van der Waals surface area contributed by atoms with Crippen LogP contribution < -0.4 is 10.1 Å². The van der Waals surface area contributed by atoms with Gasteiger partial charge in [-0.2, -0.15) is 0 Å². The van der Waals surface area contributed by atoms with E-state index in [1.54, 1.807) is 14.0 Å². The van der Waals surface area contributed by atoms with Gasteiger partial charge < -0.3 is 14.8 Å². The van der Waals surface area contributed by atoms with Crippen molar-refractivity contribution in [3.63, 3.8) is 0 Å². The first-order valence-electron chi connectivity index (χ1n) is 9.82. The number of amides is 1. The van der Waals surface area contributed by atoms with Gasteiger partial charge in [0, 0.05) is 16.9 Å². The maximum absolute atomic E-state index is 12.7. The average molecular weight is 424 g/mol. The standard InChI is InChI=1S/C24H25NO4S/c1-4-29-24(27)22-21(18-8-6-5-7-9-18)16(2)30-23(22)25-20(26)15-12-17-10-13-19(28-3)14-11-17/h5-11,13-14H,4,12,15H2,1-3H3,(H,25,26). The van der Waals surface area contributed by atoms with Crippen molar-refractivity contribution in [1.82, 2.24) is 0 Å². The summed E-state index contributed by atoms with van der Waals surface area (Å²) < 4.78 is 10.4. The highest BCUT2D eigenvalue weighted by molar-refractivity contribution is 7.17. The number of hydrogen-bond donors (Lipinski definition) is 1. The molecule has 0 aliphatic heterocycles. The molecule has 1 aromatic heterocycles. The van der Waals surface area contributed by atoms with Gasteiger partial charge in [0.2, 0.25) is 5.91 Å². The second-order valence-corrected chi connectivity index (χ2v) is 7.94. The lowest BCUT2D eigenvalue weighted by Gasteiger charge is -2.09. The van der Waals surface area contributed by atoms with E-state index in [-0.39, 0.29) is 12.5 Å². The van der Waals surface area contributed by atoms with Crippen molar-refractivity contribution in [1.29, 1.82) is 0 Å². The van der Waals surface area contributed by atoms with Crippen LogP contribution in [0.5, 0.6) is 5.75 Å². The number of anilines is 1. The van der Waals surface area contributed by atoms with Crippen LogP contribution in [-0.2, 0) is 16.0 Å². The smallest absolute Gasteiger partial charge is 0.341 e. The minimum Gasteiger partial charge on any atom is -0.497 e. The molecule has 0 unspecified atom stereocenters. The summed E-state index contributed by atoms with van der Waals surface area (Å²) in [7, 11) is 1.62. The quantitative estimate of drug-likeness (QED) is 0.487. The summed E-state index contributed by atoms with van der Waals surface area (Å²) in [5.74, 6) is 0.216. The van der Waals surface area contributed by atoms with Gasteiger partial charge in [-0.25, -0.2) is 4.79 Å². The van der Waals surface area contributed by atoms with Gasteiger partial charge in [0.1, 0.15) is 16.3 Å². The maximum atomic E-state index is 12.7. The summed E-state index contributed by atoms with van der Waals surface area (Å²) in [6.45, 7) is 3.99. The van der Waals surface area contributed by atoms with Gasteiger partial charge in [0.25, 0.3) is 0 Å². The number of carbonyl (C=O) groups excluding carboxylic acids is 2. The van der Waals surface area contributed by atoms with Gasteiger partial charge in [0.15, 0.2) is 0 Å². The predicted molar refractivity (Wildman–Crippen MR) is 120 cm³/mol. The third-order valence-electron chi connectivity index (χ3n) is 4.68. The van der Waals surface area contributed by atoms with Crippen molar-refractivity contribution >= 4 is 28.2 Å². The van der Waals surface area contributed by atoms with Gasteiger partial charge in [-0.1, -0.05) is 42.5 Å².